The van der Waals surface area contributed by atoms with Gasteiger partial charge in [0.1, 0.15) is 0 Å². The number of rotatable bonds is 4. The predicted molar refractivity (Wildman–Crippen MR) is 50.6 cm³/mol. The fourth-order valence-electron chi connectivity index (χ4n) is 1.76. The van der Waals surface area contributed by atoms with Gasteiger partial charge in [-0.25, -0.2) is 0 Å². The molecule has 0 radical (unpaired) electrons. The van der Waals surface area contributed by atoms with Crippen LogP contribution in [0.1, 0.15) is 12.8 Å². The molecule has 1 unspecified atom stereocenters. The first kappa shape index (κ1) is 12.7. The van der Waals surface area contributed by atoms with Gasteiger partial charge in [0, 0.05) is 19.6 Å². The molecule has 90 valence electrons. The Hall–Kier alpha value is -0.330. The van der Waals surface area contributed by atoms with Crippen LogP contribution in [0.3, 0.4) is 0 Å². The first-order chi connectivity index (χ1) is 6.81. The van der Waals surface area contributed by atoms with E-state index in [9.17, 15) is 18.3 Å². The molecule has 1 heterocycles. The zero-order valence-corrected chi connectivity index (χ0v) is 8.77. The third-order valence-electron chi connectivity index (χ3n) is 2.56. The first-order valence-electron chi connectivity index (χ1n) is 4.99. The van der Waals surface area contributed by atoms with Crippen LogP contribution in [0, 0.1) is 0 Å². The molecular formula is C9H17F3N2O. The minimum atomic E-state index is -4.12. The quantitative estimate of drug-likeness (QED) is 0.736. The van der Waals surface area contributed by atoms with Crippen LogP contribution >= 0.6 is 0 Å². The maximum atomic E-state index is 11.9. The highest BCUT2D eigenvalue weighted by Gasteiger charge is 2.33. The van der Waals surface area contributed by atoms with E-state index in [1.54, 1.807) is 7.05 Å². The van der Waals surface area contributed by atoms with Gasteiger partial charge >= 0.3 is 6.18 Å². The fourth-order valence-corrected chi connectivity index (χ4v) is 1.76. The molecule has 15 heavy (non-hydrogen) atoms. The molecule has 0 bridgehead atoms. The Morgan fingerprint density at radius 2 is 2.13 bits per heavy atom. The fraction of sp³-hybridized carbons (Fsp3) is 1.00. The molecular weight excluding hydrogens is 209 g/mol. The highest BCUT2D eigenvalue weighted by molar-refractivity contribution is 4.89. The van der Waals surface area contributed by atoms with Gasteiger partial charge in [0.05, 0.1) is 12.0 Å². The van der Waals surface area contributed by atoms with Crippen molar-refractivity contribution in [2.45, 2.75) is 24.6 Å². The lowest BCUT2D eigenvalue weighted by molar-refractivity contribution is -0.138. The van der Waals surface area contributed by atoms with Gasteiger partial charge in [-0.1, -0.05) is 0 Å². The number of β-amino-alcohol motifs (C(OH)–C–C–N with tert-alkyl or cyclic N) is 1. The van der Waals surface area contributed by atoms with E-state index in [1.165, 1.54) is 4.90 Å². The Morgan fingerprint density at radius 3 is 2.60 bits per heavy atom. The third-order valence-corrected chi connectivity index (χ3v) is 2.56. The summed E-state index contributed by atoms with van der Waals surface area (Å²) >= 11 is 0. The molecule has 1 fully saturated rings. The molecule has 0 aliphatic carbocycles. The van der Waals surface area contributed by atoms with Crippen molar-refractivity contribution >= 4 is 0 Å². The summed E-state index contributed by atoms with van der Waals surface area (Å²) in [5.74, 6) is 0. The number of aliphatic hydroxyl groups is 1. The van der Waals surface area contributed by atoms with Crippen LogP contribution in [0.15, 0.2) is 0 Å². The molecule has 1 aliphatic heterocycles. The largest absolute Gasteiger partial charge is 0.390 e. The number of nitrogens with zero attached hydrogens (tertiary/aromatic N) is 1. The van der Waals surface area contributed by atoms with Gasteiger partial charge in [0.15, 0.2) is 0 Å². The molecule has 0 saturated carbocycles. The second-order valence-corrected chi connectivity index (χ2v) is 4.25. The van der Waals surface area contributed by atoms with E-state index in [1.807, 2.05) is 0 Å². The van der Waals surface area contributed by atoms with Crippen molar-refractivity contribution in [3.05, 3.63) is 0 Å². The van der Waals surface area contributed by atoms with Crippen LogP contribution in [0.5, 0.6) is 0 Å². The lowest BCUT2D eigenvalue weighted by atomic mass is 10.0. The van der Waals surface area contributed by atoms with Crippen molar-refractivity contribution in [2.75, 3.05) is 33.2 Å². The normalized spacial score (nSPS) is 27.6. The lowest BCUT2D eigenvalue weighted by Gasteiger charge is -2.28. The summed E-state index contributed by atoms with van der Waals surface area (Å²) in [6.45, 7) is 1.41. The molecule has 0 spiro atoms. The Morgan fingerprint density at radius 1 is 1.47 bits per heavy atom. The van der Waals surface area contributed by atoms with Crippen LogP contribution in [-0.2, 0) is 0 Å². The number of hydrogen-bond acceptors (Lipinski definition) is 3. The van der Waals surface area contributed by atoms with Crippen molar-refractivity contribution in [2.24, 2.45) is 0 Å². The van der Waals surface area contributed by atoms with Crippen LogP contribution in [0.2, 0.25) is 0 Å². The van der Waals surface area contributed by atoms with Crippen molar-refractivity contribution in [3.63, 3.8) is 0 Å². The molecule has 2 N–H and O–H groups in total. The molecule has 1 saturated heterocycles. The third kappa shape index (κ3) is 4.81. The van der Waals surface area contributed by atoms with Gasteiger partial charge in [0.2, 0.25) is 0 Å². The van der Waals surface area contributed by atoms with Gasteiger partial charge < -0.3 is 15.3 Å². The minimum Gasteiger partial charge on any atom is -0.387 e. The van der Waals surface area contributed by atoms with E-state index < -0.39 is 18.2 Å². The number of alkyl halides is 3. The van der Waals surface area contributed by atoms with Crippen LogP contribution in [0.4, 0.5) is 13.2 Å². The highest BCUT2D eigenvalue weighted by atomic mass is 19.4. The molecule has 1 rings (SSSR count). The van der Waals surface area contributed by atoms with Gasteiger partial charge in [-0.2, -0.15) is 13.2 Å². The van der Waals surface area contributed by atoms with Crippen molar-refractivity contribution in [1.29, 1.82) is 0 Å². The van der Waals surface area contributed by atoms with Crippen LogP contribution < -0.4 is 5.32 Å². The highest BCUT2D eigenvalue weighted by Crippen LogP contribution is 2.21. The molecule has 6 heteroatoms. The predicted octanol–water partition coefficient (Wildman–Crippen LogP) is 0.595. The summed E-state index contributed by atoms with van der Waals surface area (Å²) < 4.78 is 35.8. The van der Waals surface area contributed by atoms with Gasteiger partial charge in [-0.15, -0.1) is 0 Å². The van der Waals surface area contributed by atoms with Crippen LogP contribution in [-0.4, -0.2) is 55.0 Å². The van der Waals surface area contributed by atoms with Crippen LogP contribution in [0.25, 0.3) is 0 Å². The second-order valence-electron chi connectivity index (χ2n) is 4.25. The molecule has 0 aromatic rings. The summed E-state index contributed by atoms with van der Waals surface area (Å²) in [6.07, 6.45) is -4.35. The maximum Gasteiger partial charge on any atom is 0.390 e. The Bertz CT molecular complexity index is 202. The average Bonchev–Trinajstić information content (AvgIpc) is 2.47. The Balaban J connectivity index is 2.26. The zero-order chi connectivity index (χ0) is 11.5. The molecule has 1 aliphatic rings. The number of likely N-dealkylation sites (N-methyl/N-ethyl adjacent to an activating group) is 1. The van der Waals surface area contributed by atoms with Crippen molar-refractivity contribution in [1.82, 2.24) is 10.2 Å². The molecule has 1 atom stereocenters. The number of nitrogens with one attached hydrogen (secondary N) is 1. The topological polar surface area (TPSA) is 35.5 Å². The van der Waals surface area contributed by atoms with Crippen molar-refractivity contribution < 1.29 is 18.3 Å². The summed E-state index contributed by atoms with van der Waals surface area (Å²) in [7, 11) is 1.60. The van der Waals surface area contributed by atoms with E-state index in [0.717, 1.165) is 6.54 Å². The van der Waals surface area contributed by atoms with Gasteiger partial charge in [-0.05, 0) is 20.0 Å². The maximum absolute atomic E-state index is 11.9. The average molecular weight is 226 g/mol. The standard InChI is InChI=1S/C9H17F3N2O/c1-14(5-3-9(10,11)12)7-8(15)2-4-13-6-8/h13,15H,2-7H2,1H3. The van der Waals surface area contributed by atoms with E-state index in [-0.39, 0.29) is 13.1 Å². The summed E-state index contributed by atoms with van der Waals surface area (Å²) in [4.78, 5) is 1.53. The molecule has 0 aromatic carbocycles. The van der Waals surface area contributed by atoms with E-state index in [2.05, 4.69) is 5.32 Å². The SMILES string of the molecule is CN(CCC(F)(F)F)CC1(O)CCNC1. The smallest absolute Gasteiger partial charge is 0.387 e. The van der Waals surface area contributed by atoms with Gasteiger partial charge in [0.25, 0.3) is 0 Å². The van der Waals surface area contributed by atoms with E-state index >= 15 is 0 Å². The summed E-state index contributed by atoms with van der Waals surface area (Å²) in [6, 6.07) is 0. The van der Waals surface area contributed by atoms with Gasteiger partial charge in [-0.3, -0.25) is 0 Å². The zero-order valence-electron chi connectivity index (χ0n) is 8.77. The van der Waals surface area contributed by atoms with E-state index in [4.69, 9.17) is 0 Å². The lowest BCUT2D eigenvalue weighted by Crippen LogP contribution is -2.44. The summed E-state index contributed by atoms with van der Waals surface area (Å²) in [5, 5.41) is 12.9. The first-order valence-corrected chi connectivity index (χ1v) is 4.99. The monoisotopic (exact) mass is 226 g/mol. The Kier molecular flexibility index (Phi) is 3.97. The molecule has 0 aromatic heterocycles. The number of halogens is 3. The number of hydrogen-bond donors (Lipinski definition) is 2. The molecule has 0 amide bonds. The van der Waals surface area contributed by atoms with E-state index in [0.29, 0.717) is 13.0 Å². The molecule has 3 nitrogen and oxygen atoms in total. The van der Waals surface area contributed by atoms with Crippen molar-refractivity contribution in [3.8, 4) is 0 Å². The Labute approximate surface area is 87.3 Å². The summed E-state index contributed by atoms with van der Waals surface area (Å²) in [5.41, 5.74) is -0.861. The minimum absolute atomic E-state index is 0.0637. The second kappa shape index (κ2) is 4.67.